The van der Waals surface area contributed by atoms with Crippen LogP contribution >= 0.6 is 0 Å². The summed E-state index contributed by atoms with van der Waals surface area (Å²) in [6, 6.07) is 0.618. The SMILES string of the molecule is CCC(C)N(C(=O)O)[C@H]1CCCCC/C=C\[C@@H]2C[C@@]2(C(=O)NS(=O)(=O)C2(C)CC2)NC(=O)[C@@H]2C[C@]3(CCc4c(c(C(F)(F)F)nc5ccc(C)cc45)O3)C(C)N2C1=O. The predicted molar refractivity (Wildman–Crippen MR) is 207 cm³/mol. The molecule has 1 aromatic heterocycles. The van der Waals surface area contributed by atoms with Gasteiger partial charge in [-0.05, 0) is 97.6 Å². The molecule has 3 N–H and O–H groups in total. The van der Waals surface area contributed by atoms with Crippen molar-refractivity contribution in [3.8, 4) is 5.75 Å². The second-order valence-corrected chi connectivity index (χ2v) is 19.5. The lowest BCUT2D eigenvalue weighted by Crippen LogP contribution is -2.61. The Bertz CT molecular complexity index is 2180. The van der Waals surface area contributed by atoms with Crippen molar-refractivity contribution < 1.29 is 50.6 Å². The largest absolute Gasteiger partial charge is 0.482 e. The molecule has 5 aliphatic rings. The third kappa shape index (κ3) is 7.18. The molecule has 0 bridgehead atoms. The van der Waals surface area contributed by atoms with E-state index in [1.807, 2.05) is 13.0 Å². The van der Waals surface area contributed by atoms with Gasteiger partial charge in [0.2, 0.25) is 21.8 Å². The molecule has 0 radical (unpaired) electrons. The number of hydrogen-bond donors (Lipinski definition) is 3. The Balaban J connectivity index is 1.33. The van der Waals surface area contributed by atoms with E-state index in [0.717, 1.165) is 10.5 Å². The predicted octanol–water partition coefficient (Wildman–Crippen LogP) is 6.16. The van der Waals surface area contributed by atoms with Crippen LogP contribution in [0.3, 0.4) is 0 Å². The number of carbonyl (C=O) groups is 4. The highest BCUT2D eigenvalue weighted by Gasteiger charge is 2.65. The van der Waals surface area contributed by atoms with Gasteiger partial charge in [0.15, 0.2) is 11.4 Å². The van der Waals surface area contributed by atoms with Gasteiger partial charge >= 0.3 is 12.3 Å². The van der Waals surface area contributed by atoms with E-state index in [1.165, 1.54) is 17.9 Å². The quantitative estimate of drug-likeness (QED) is 0.288. The second kappa shape index (κ2) is 14.7. The number of aryl methyl sites for hydroxylation is 2. The van der Waals surface area contributed by atoms with E-state index >= 15 is 4.79 Å². The van der Waals surface area contributed by atoms with Crippen molar-refractivity contribution in [1.82, 2.24) is 24.8 Å². The number of alkyl halides is 3. The first-order chi connectivity index (χ1) is 27.2. The molecule has 7 rings (SSSR count). The summed E-state index contributed by atoms with van der Waals surface area (Å²) in [5, 5.41) is 13.8. The Morgan fingerprint density at radius 1 is 1.16 bits per heavy atom. The number of rotatable bonds is 6. The minimum absolute atomic E-state index is 0.0785. The minimum atomic E-state index is -4.92. The van der Waals surface area contributed by atoms with Crippen molar-refractivity contribution in [3.63, 3.8) is 0 Å². The number of nitrogens with one attached hydrogen (secondary N) is 2. The number of nitrogens with zero attached hydrogens (tertiary/aromatic N) is 3. The number of pyridine rings is 1. The molecule has 316 valence electrons. The average Bonchev–Trinajstić information content (AvgIpc) is 4.06. The molecule has 2 aromatic rings. The molecule has 4 heterocycles. The van der Waals surface area contributed by atoms with Crippen molar-refractivity contribution in [2.24, 2.45) is 5.92 Å². The lowest BCUT2D eigenvalue weighted by Gasteiger charge is -2.42. The van der Waals surface area contributed by atoms with E-state index < -0.39 is 97.4 Å². The van der Waals surface area contributed by atoms with E-state index in [4.69, 9.17) is 4.74 Å². The van der Waals surface area contributed by atoms with Crippen molar-refractivity contribution in [3.05, 3.63) is 47.2 Å². The fourth-order valence-corrected chi connectivity index (χ4v) is 10.5. The van der Waals surface area contributed by atoms with Gasteiger partial charge < -0.3 is 20.1 Å². The van der Waals surface area contributed by atoms with Crippen LogP contribution in [0.5, 0.6) is 5.75 Å². The smallest absolute Gasteiger partial charge is 0.437 e. The number of carbonyl (C=O) groups excluding carboxylic acids is 3. The van der Waals surface area contributed by atoms with Crippen molar-refractivity contribution in [2.75, 3.05) is 0 Å². The number of aromatic nitrogens is 1. The van der Waals surface area contributed by atoms with Crippen LogP contribution in [0.1, 0.15) is 115 Å². The summed E-state index contributed by atoms with van der Waals surface area (Å²) in [5.74, 6) is -3.49. The summed E-state index contributed by atoms with van der Waals surface area (Å²) >= 11 is 0. The molecule has 1 spiro atoms. The van der Waals surface area contributed by atoms with Gasteiger partial charge in [0.1, 0.15) is 23.2 Å². The van der Waals surface area contributed by atoms with Gasteiger partial charge in [-0.1, -0.05) is 43.5 Å². The van der Waals surface area contributed by atoms with Gasteiger partial charge in [0.25, 0.3) is 5.91 Å². The number of ether oxygens (including phenoxy) is 1. The number of amides is 4. The zero-order valence-corrected chi connectivity index (χ0v) is 34.3. The lowest BCUT2D eigenvalue weighted by atomic mass is 9.83. The molecule has 2 saturated carbocycles. The van der Waals surface area contributed by atoms with Gasteiger partial charge in [-0.25, -0.2) is 18.2 Å². The number of halogens is 3. The maximum atomic E-state index is 15.1. The molecule has 7 atom stereocenters. The minimum Gasteiger partial charge on any atom is -0.482 e. The number of fused-ring (bicyclic) bond motifs is 5. The lowest BCUT2D eigenvalue weighted by molar-refractivity contribution is -0.148. The molecule has 2 aliphatic carbocycles. The number of benzene rings is 1. The van der Waals surface area contributed by atoms with Crippen LogP contribution in [-0.2, 0) is 37.0 Å². The van der Waals surface area contributed by atoms with E-state index in [2.05, 4.69) is 15.0 Å². The topological polar surface area (TPSA) is 175 Å². The zero-order valence-electron chi connectivity index (χ0n) is 33.4. The standard InChI is InChI=1S/C41H52F3N5O8S/c1-6-24(3)48(37(53)54)30-13-11-9-7-8-10-12-26-21-40(26,36(52)47-58(55,56)38(5)18-19-38)46-34(50)31-22-39(25(4)49(31)35(30)51)17-16-27-28-20-23(2)14-15-29(28)45-33(32(27)57-39)41(42,43)44/h10,12,14-15,20,24-26,30-31H,6-9,11,13,16-19,21-22H2,1-5H3,(H,46,50)(H,47,52)(H,53,54)/b12-10-/t24?,25?,26-,30+,31+,39-,40-/m1/s1. The Morgan fingerprint density at radius 2 is 1.88 bits per heavy atom. The molecule has 3 fully saturated rings. The summed E-state index contributed by atoms with van der Waals surface area (Å²) in [5.41, 5.74) is -3.22. The highest BCUT2D eigenvalue weighted by molar-refractivity contribution is 7.91. The highest BCUT2D eigenvalue weighted by atomic mass is 32.2. The normalized spacial score (nSPS) is 30.7. The first kappa shape index (κ1) is 41.7. The maximum Gasteiger partial charge on any atom is 0.437 e. The molecular weight excluding hydrogens is 780 g/mol. The monoisotopic (exact) mass is 831 g/mol. The summed E-state index contributed by atoms with van der Waals surface area (Å²) in [6.45, 7) is 8.42. The van der Waals surface area contributed by atoms with Crippen molar-refractivity contribution in [2.45, 2.75) is 158 Å². The Labute approximate surface area is 336 Å². The van der Waals surface area contributed by atoms with Gasteiger partial charge in [0.05, 0.1) is 16.3 Å². The summed E-state index contributed by atoms with van der Waals surface area (Å²) in [4.78, 5) is 63.2. The summed E-state index contributed by atoms with van der Waals surface area (Å²) in [7, 11) is -4.10. The van der Waals surface area contributed by atoms with Crippen LogP contribution in [0.15, 0.2) is 30.4 Å². The van der Waals surface area contributed by atoms with Crippen molar-refractivity contribution >= 4 is 44.7 Å². The van der Waals surface area contributed by atoms with Gasteiger partial charge in [-0.15, -0.1) is 0 Å². The molecule has 3 aliphatic heterocycles. The molecule has 13 nitrogen and oxygen atoms in total. The number of hydrogen-bond acceptors (Lipinski definition) is 8. The van der Waals surface area contributed by atoms with Crippen LogP contribution in [0.25, 0.3) is 10.9 Å². The van der Waals surface area contributed by atoms with E-state index in [1.54, 1.807) is 39.0 Å². The fourth-order valence-electron chi connectivity index (χ4n) is 9.17. The van der Waals surface area contributed by atoms with Crippen LogP contribution in [0, 0.1) is 12.8 Å². The van der Waals surface area contributed by atoms with Crippen LogP contribution in [0.2, 0.25) is 0 Å². The highest BCUT2D eigenvalue weighted by Crippen LogP contribution is 2.52. The molecule has 17 heteroatoms. The Kier molecular flexibility index (Phi) is 10.6. The summed E-state index contributed by atoms with van der Waals surface area (Å²) < 4.78 is 78.5. The molecule has 4 amide bonds. The fraction of sp³-hybridized carbons (Fsp3) is 0.634. The number of carboxylic acid groups (broad SMARTS) is 1. The first-order valence-corrected chi connectivity index (χ1v) is 21.8. The maximum absolute atomic E-state index is 15.1. The van der Waals surface area contributed by atoms with Crippen molar-refractivity contribution in [1.29, 1.82) is 0 Å². The van der Waals surface area contributed by atoms with Gasteiger partial charge in [0, 0.05) is 29.3 Å². The van der Waals surface area contributed by atoms with Gasteiger partial charge in [-0.2, -0.15) is 13.2 Å². The third-order valence-electron chi connectivity index (χ3n) is 13.4. The number of sulfonamides is 1. The molecule has 1 aromatic carbocycles. The third-order valence-corrected chi connectivity index (χ3v) is 15.6. The average molecular weight is 832 g/mol. The first-order valence-electron chi connectivity index (χ1n) is 20.3. The molecular formula is C41H52F3N5O8S. The van der Waals surface area contributed by atoms with E-state index in [0.29, 0.717) is 55.9 Å². The van der Waals surface area contributed by atoms with Crippen LogP contribution < -0.4 is 14.8 Å². The zero-order chi connectivity index (χ0) is 42.2. The molecule has 1 saturated heterocycles. The molecule has 58 heavy (non-hydrogen) atoms. The van der Waals surface area contributed by atoms with Crippen LogP contribution in [0.4, 0.5) is 18.0 Å². The van der Waals surface area contributed by atoms with Gasteiger partial charge in [-0.3, -0.25) is 24.0 Å². The Morgan fingerprint density at radius 3 is 2.53 bits per heavy atom. The van der Waals surface area contributed by atoms with E-state index in [-0.39, 0.29) is 37.6 Å². The number of allylic oxidation sites excluding steroid dienone is 1. The van der Waals surface area contributed by atoms with E-state index in [9.17, 15) is 41.1 Å². The van der Waals surface area contributed by atoms with Crippen LogP contribution in [-0.4, -0.2) is 92.2 Å². The second-order valence-electron chi connectivity index (χ2n) is 17.3. The summed E-state index contributed by atoms with van der Waals surface area (Å²) in [6.07, 6.45) is 1.03. The Hall–Kier alpha value is -4.41. The molecule has 2 unspecified atom stereocenters.